The highest BCUT2D eigenvalue weighted by Gasteiger charge is 2.76. The number of esters is 1. The van der Waals surface area contributed by atoms with Crippen LogP contribution in [0.5, 0.6) is 0 Å². The molecule has 8 aliphatic carbocycles. The van der Waals surface area contributed by atoms with Crippen LogP contribution >= 0.6 is 0 Å². The van der Waals surface area contributed by atoms with Crippen LogP contribution in [0, 0.1) is 88.8 Å². The van der Waals surface area contributed by atoms with Crippen molar-refractivity contribution >= 4 is 5.97 Å². The molecule has 0 aromatic carbocycles. The average molecular weight is 493 g/mol. The molecule has 0 aromatic heterocycles. The lowest BCUT2D eigenvalue weighted by atomic mass is 9.55. The van der Waals surface area contributed by atoms with Crippen molar-refractivity contribution in [1.82, 2.24) is 0 Å². The maximum absolute atomic E-state index is 13.8. The molecule has 9 aliphatic rings. The first kappa shape index (κ1) is 22.3. The molecule has 8 bridgehead atoms. The quantitative estimate of drug-likeness (QED) is 0.315. The zero-order valence-electron chi connectivity index (χ0n) is 22.8. The summed E-state index contributed by atoms with van der Waals surface area (Å²) in [6.07, 6.45) is 15.2. The largest absolute Gasteiger partial charge is 0.459 e. The number of carbonyl (C=O) groups is 1. The summed E-state index contributed by atoms with van der Waals surface area (Å²) in [6, 6.07) is 0. The standard InChI is InChI=1S/C33H48O3/c1-4-24-30-22-13-23(31(30)25(5-2)35-24)29-21-12-20(28(22)29)26-16-10-18(27(21)26)19(11-16)32(34)36-33(6-3)14-15-7-8-17(33)9-15/h15-31H,4-14H2,1-3H3. The van der Waals surface area contributed by atoms with Gasteiger partial charge in [0.25, 0.3) is 0 Å². The van der Waals surface area contributed by atoms with Gasteiger partial charge in [0.15, 0.2) is 0 Å². The zero-order valence-corrected chi connectivity index (χ0v) is 22.8. The summed E-state index contributed by atoms with van der Waals surface area (Å²) in [5.74, 6) is 12.7. The summed E-state index contributed by atoms with van der Waals surface area (Å²) in [5, 5.41) is 0. The molecule has 0 amide bonds. The third-order valence-electron chi connectivity index (χ3n) is 15.2. The fraction of sp³-hybridized carbons (Fsp3) is 0.970. The molecule has 18 unspecified atom stereocenters. The summed E-state index contributed by atoms with van der Waals surface area (Å²) in [4.78, 5) is 13.8. The third-order valence-corrected chi connectivity index (χ3v) is 15.2. The number of hydrogen-bond acceptors (Lipinski definition) is 3. The molecule has 9 rings (SSSR count). The first-order valence-electron chi connectivity index (χ1n) is 16.4. The van der Waals surface area contributed by atoms with Gasteiger partial charge in [-0.2, -0.15) is 0 Å². The monoisotopic (exact) mass is 492 g/mol. The van der Waals surface area contributed by atoms with Crippen molar-refractivity contribution < 1.29 is 14.3 Å². The minimum absolute atomic E-state index is 0.103. The molecule has 3 nitrogen and oxygen atoms in total. The van der Waals surface area contributed by atoms with Gasteiger partial charge in [0.2, 0.25) is 0 Å². The Labute approximate surface area is 218 Å². The maximum atomic E-state index is 13.8. The van der Waals surface area contributed by atoms with Crippen LogP contribution in [0.4, 0.5) is 0 Å². The molecule has 0 N–H and O–H groups in total. The summed E-state index contributed by atoms with van der Waals surface area (Å²) in [7, 11) is 0. The van der Waals surface area contributed by atoms with E-state index in [-0.39, 0.29) is 17.5 Å². The van der Waals surface area contributed by atoms with Crippen LogP contribution in [0.25, 0.3) is 0 Å². The molecular formula is C33H48O3. The number of fused-ring (bicyclic) bond motifs is 21. The number of carbonyl (C=O) groups excluding carboxylic acids is 1. The molecule has 1 saturated heterocycles. The highest BCUT2D eigenvalue weighted by molar-refractivity contribution is 5.74. The lowest BCUT2D eigenvalue weighted by Crippen LogP contribution is -2.49. The predicted molar refractivity (Wildman–Crippen MR) is 138 cm³/mol. The third kappa shape index (κ3) is 2.46. The number of ether oxygens (including phenoxy) is 2. The normalized spacial score (nSPS) is 64.4. The molecule has 1 aliphatic heterocycles. The Morgan fingerprint density at radius 2 is 1.39 bits per heavy atom. The lowest BCUT2D eigenvalue weighted by molar-refractivity contribution is -0.175. The van der Waals surface area contributed by atoms with Gasteiger partial charge < -0.3 is 9.47 Å². The fourth-order valence-corrected chi connectivity index (χ4v) is 14.7. The fourth-order valence-electron chi connectivity index (χ4n) is 14.7. The van der Waals surface area contributed by atoms with Crippen molar-refractivity contribution in [3.05, 3.63) is 0 Å². The topological polar surface area (TPSA) is 35.5 Å². The highest BCUT2D eigenvalue weighted by Crippen LogP contribution is 2.80. The summed E-state index contributed by atoms with van der Waals surface area (Å²) >= 11 is 0. The van der Waals surface area contributed by atoms with Gasteiger partial charge in [-0.3, -0.25) is 4.79 Å². The molecule has 3 heteroatoms. The van der Waals surface area contributed by atoms with Gasteiger partial charge in [0.05, 0.1) is 18.1 Å². The predicted octanol–water partition coefficient (Wildman–Crippen LogP) is 6.74. The van der Waals surface area contributed by atoms with Crippen molar-refractivity contribution in [2.24, 2.45) is 88.8 Å². The molecule has 36 heavy (non-hydrogen) atoms. The Balaban J connectivity index is 0.973. The van der Waals surface area contributed by atoms with Crippen LogP contribution in [0.15, 0.2) is 0 Å². The van der Waals surface area contributed by atoms with E-state index in [2.05, 4.69) is 20.8 Å². The second kappa shape index (κ2) is 7.33. The minimum atomic E-state index is -0.103. The first-order chi connectivity index (χ1) is 17.6. The average Bonchev–Trinajstić information content (AvgIpc) is 3.70. The van der Waals surface area contributed by atoms with Gasteiger partial charge in [-0.1, -0.05) is 20.8 Å². The second-order valence-corrected chi connectivity index (χ2v) is 15.5. The molecule has 0 aromatic rings. The Morgan fingerprint density at radius 1 is 0.750 bits per heavy atom. The Bertz CT molecular complexity index is 961. The second-order valence-electron chi connectivity index (χ2n) is 15.5. The molecular weight excluding hydrogens is 444 g/mol. The van der Waals surface area contributed by atoms with Gasteiger partial charge >= 0.3 is 5.97 Å². The van der Waals surface area contributed by atoms with Crippen LogP contribution in [0.2, 0.25) is 0 Å². The Morgan fingerprint density at radius 3 is 1.97 bits per heavy atom. The van der Waals surface area contributed by atoms with Crippen LogP contribution in [0.1, 0.15) is 91.4 Å². The SMILES string of the molecule is CCC1OC(CC)C2C3CC(C12)C1C2CC(C4C5CC(CC5C(=O)OC5(CC)CC6CCC5C6)C24)C31. The summed E-state index contributed by atoms with van der Waals surface area (Å²) in [5.41, 5.74) is -0.103. The van der Waals surface area contributed by atoms with E-state index >= 15 is 0 Å². The van der Waals surface area contributed by atoms with E-state index in [1.807, 2.05) is 0 Å². The highest BCUT2D eigenvalue weighted by atomic mass is 16.6. The summed E-state index contributed by atoms with van der Waals surface area (Å²) in [6.45, 7) is 7.02. The first-order valence-corrected chi connectivity index (χ1v) is 16.4. The molecule has 9 fully saturated rings. The van der Waals surface area contributed by atoms with Gasteiger partial charge in [0, 0.05) is 0 Å². The molecule has 1 heterocycles. The van der Waals surface area contributed by atoms with Crippen LogP contribution in [0.3, 0.4) is 0 Å². The van der Waals surface area contributed by atoms with E-state index in [4.69, 9.17) is 9.47 Å². The van der Waals surface area contributed by atoms with E-state index in [9.17, 15) is 4.79 Å². The molecule has 18 atom stereocenters. The summed E-state index contributed by atoms with van der Waals surface area (Å²) < 4.78 is 13.3. The van der Waals surface area contributed by atoms with Gasteiger partial charge in [-0.15, -0.1) is 0 Å². The van der Waals surface area contributed by atoms with Crippen LogP contribution < -0.4 is 0 Å². The van der Waals surface area contributed by atoms with Crippen LogP contribution in [-0.2, 0) is 14.3 Å². The van der Waals surface area contributed by atoms with Crippen LogP contribution in [-0.4, -0.2) is 23.8 Å². The van der Waals surface area contributed by atoms with Crippen molar-refractivity contribution in [1.29, 1.82) is 0 Å². The van der Waals surface area contributed by atoms with Crippen molar-refractivity contribution in [2.45, 2.75) is 109 Å². The smallest absolute Gasteiger partial charge is 0.309 e. The van der Waals surface area contributed by atoms with E-state index in [0.717, 1.165) is 90.3 Å². The number of rotatable bonds is 5. The van der Waals surface area contributed by atoms with Crippen molar-refractivity contribution in [2.75, 3.05) is 0 Å². The molecule has 0 radical (unpaired) electrons. The minimum Gasteiger partial charge on any atom is -0.459 e. The lowest BCUT2D eigenvalue weighted by Gasteiger charge is -2.49. The van der Waals surface area contributed by atoms with Crippen molar-refractivity contribution in [3.8, 4) is 0 Å². The van der Waals surface area contributed by atoms with E-state index in [1.165, 1.54) is 51.4 Å². The Kier molecular flexibility index (Phi) is 4.54. The van der Waals surface area contributed by atoms with E-state index in [0.29, 0.717) is 24.0 Å². The molecule has 8 saturated carbocycles. The van der Waals surface area contributed by atoms with Gasteiger partial charge in [0.1, 0.15) is 5.60 Å². The van der Waals surface area contributed by atoms with Gasteiger partial charge in [-0.05, 0) is 153 Å². The molecule has 0 spiro atoms. The van der Waals surface area contributed by atoms with E-state index < -0.39 is 0 Å². The zero-order chi connectivity index (χ0) is 24.1. The Hall–Kier alpha value is -0.570. The molecule has 198 valence electrons. The van der Waals surface area contributed by atoms with E-state index in [1.54, 1.807) is 0 Å². The number of hydrogen-bond donors (Lipinski definition) is 0. The van der Waals surface area contributed by atoms with Crippen molar-refractivity contribution in [3.63, 3.8) is 0 Å². The van der Waals surface area contributed by atoms with Gasteiger partial charge in [-0.25, -0.2) is 0 Å². The maximum Gasteiger partial charge on any atom is 0.309 e.